The van der Waals surface area contributed by atoms with Crippen molar-refractivity contribution >= 4 is 17.7 Å². The average Bonchev–Trinajstić information content (AvgIpc) is 2.78. The maximum atomic E-state index is 11.9. The number of carbonyl (C=O) groups is 1. The van der Waals surface area contributed by atoms with Crippen LogP contribution in [0.1, 0.15) is 24.3 Å². The number of fused-ring (bicyclic) bond motifs is 1. The molecule has 2 aliphatic heterocycles. The molecule has 2 aromatic rings. The van der Waals surface area contributed by atoms with E-state index in [0.717, 1.165) is 11.1 Å². The van der Waals surface area contributed by atoms with Crippen LogP contribution in [0.5, 0.6) is 0 Å². The minimum Gasteiger partial charge on any atom is -0.457 e. The summed E-state index contributed by atoms with van der Waals surface area (Å²) in [5, 5.41) is 0. The maximum absolute atomic E-state index is 11.9. The zero-order chi connectivity index (χ0) is 20.9. The van der Waals surface area contributed by atoms with E-state index < -0.39 is 24.6 Å². The molecule has 30 heavy (non-hydrogen) atoms. The molecule has 0 radical (unpaired) electrons. The van der Waals surface area contributed by atoms with Crippen molar-refractivity contribution in [2.45, 2.75) is 49.7 Å². The molecule has 0 unspecified atom stereocenters. The number of hydrogen-bond donors (Lipinski definition) is 0. The zero-order valence-electron chi connectivity index (χ0n) is 17.0. The van der Waals surface area contributed by atoms with Crippen LogP contribution in [0.3, 0.4) is 0 Å². The van der Waals surface area contributed by atoms with Crippen LogP contribution in [0.25, 0.3) is 0 Å². The summed E-state index contributed by atoms with van der Waals surface area (Å²) in [7, 11) is 0. The van der Waals surface area contributed by atoms with Crippen molar-refractivity contribution in [3.8, 4) is 0 Å². The van der Waals surface area contributed by atoms with Gasteiger partial charge in [0.1, 0.15) is 23.7 Å². The molecule has 6 nitrogen and oxygen atoms in total. The van der Waals surface area contributed by atoms with Crippen LogP contribution >= 0.6 is 11.8 Å². The smallest absolute Gasteiger partial charge is 0.303 e. The topological polar surface area (TPSA) is 63.2 Å². The molecule has 0 aromatic heterocycles. The standard InChI is InChI=1S/C23H26O6S/c1-15(24)27-20-19-18(14-26-22(29-19)17-11-7-4-8-12-17)28-23(30-2)21(20)25-13-16-9-5-3-6-10-16/h3-12,18-23H,13-14H2,1-2H3/t18-,19+,20+,21-,22-,23+/m1/s1. The van der Waals surface area contributed by atoms with Gasteiger partial charge in [0.2, 0.25) is 0 Å². The van der Waals surface area contributed by atoms with Gasteiger partial charge in [-0.1, -0.05) is 60.7 Å². The Bertz CT molecular complexity index is 811. The van der Waals surface area contributed by atoms with Crippen LogP contribution in [0.4, 0.5) is 0 Å². The van der Waals surface area contributed by atoms with Gasteiger partial charge in [-0.05, 0) is 11.8 Å². The van der Waals surface area contributed by atoms with Gasteiger partial charge in [-0.2, -0.15) is 0 Å². The predicted molar refractivity (Wildman–Crippen MR) is 113 cm³/mol. The molecule has 0 aliphatic carbocycles. The van der Waals surface area contributed by atoms with E-state index in [0.29, 0.717) is 13.2 Å². The number of carbonyl (C=O) groups excluding carboxylic acids is 1. The molecule has 7 heteroatoms. The van der Waals surface area contributed by atoms with E-state index in [4.69, 9.17) is 23.7 Å². The largest absolute Gasteiger partial charge is 0.457 e. The fraction of sp³-hybridized carbons (Fsp3) is 0.435. The van der Waals surface area contributed by atoms with Crippen LogP contribution in [-0.4, -0.2) is 48.7 Å². The van der Waals surface area contributed by atoms with Gasteiger partial charge in [0, 0.05) is 12.5 Å². The summed E-state index contributed by atoms with van der Waals surface area (Å²) in [6.07, 6.45) is -0.501. The second-order valence-electron chi connectivity index (χ2n) is 7.29. The predicted octanol–water partition coefficient (Wildman–Crippen LogP) is 3.71. The highest BCUT2D eigenvalue weighted by atomic mass is 32.2. The molecule has 2 heterocycles. The number of benzene rings is 2. The van der Waals surface area contributed by atoms with Crippen LogP contribution in [-0.2, 0) is 35.1 Å². The van der Waals surface area contributed by atoms with Crippen molar-refractivity contribution in [1.29, 1.82) is 0 Å². The number of ether oxygens (including phenoxy) is 5. The lowest BCUT2D eigenvalue weighted by Gasteiger charge is -2.48. The first-order chi connectivity index (χ1) is 14.7. The Morgan fingerprint density at radius 1 is 1.03 bits per heavy atom. The van der Waals surface area contributed by atoms with Gasteiger partial charge in [0.25, 0.3) is 0 Å². The highest BCUT2D eigenvalue weighted by molar-refractivity contribution is 7.99. The molecule has 0 saturated carbocycles. The summed E-state index contributed by atoms with van der Waals surface area (Å²) in [5.74, 6) is -0.375. The zero-order valence-corrected chi connectivity index (χ0v) is 17.8. The van der Waals surface area contributed by atoms with Gasteiger partial charge < -0.3 is 23.7 Å². The van der Waals surface area contributed by atoms with Crippen molar-refractivity contribution < 1.29 is 28.5 Å². The van der Waals surface area contributed by atoms with Crippen LogP contribution in [0, 0.1) is 0 Å². The average molecular weight is 431 g/mol. The van der Waals surface area contributed by atoms with Gasteiger partial charge in [0.05, 0.1) is 13.2 Å². The quantitative estimate of drug-likeness (QED) is 0.648. The van der Waals surface area contributed by atoms with Gasteiger partial charge in [0.15, 0.2) is 12.4 Å². The minimum absolute atomic E-state index is 0.306. The first-order valence-electron chi connectivity index (χ1n) is 9.98. The summed E-state index contributed by atoms with van der Waals surface area (Å²) in [4.78, 5) is 11.9. The monoisotopic (exact) mass is 430 g/mol. The van der Waals surface area contributed by atoms with E-state index >= 15 is 0 Å². The van der Waals surface area contributed by atoms with Crippen LogP contribution in [0.2, 0.25) is 0 Å². The lowest BCUT2D eigenvalue weighted by molar-refractivity contribution is -0.324. The van der Waals surface area contributed by atoms with Gasteiger partial charge in [-0.3, -0.25) is 4.79 Å². The summed E-state index contributed by atoms with van der Waals surface area (Å²) >= 11 is 1.52. The fourth-order valence-electron chi connectivity index (χ4n) is 3.78. The third-order valence-electron chi connectivity index (χ3n) is 5.18. The van der Waals surface area contributed by atoms with Crippen LogP contribution < -0.4 is 0 Å². The second kappa shape index (κ2) is 9.94. The first-order valence-corrected chi connectivity index (χ1v) is 11.3. The van der Waals surface area contributed by atoms with Gasteiger partial charge in [-0.15, -0.1) is 11.8 Å². The van der Waals surface area contributed by atoms with Crippen molar-refractivity contribution in [3.63, 3.8) is 0 Å². The lowest BCUT2D eigenvalue weighted by Crippen LogP contribution is -2.62. The van der Waals surface area contributed by atoms with Crippen molar-refractivity contribution in [2.75, 3.05) is 12.9 Å². The molecule has 2 saturated heterocycles. The molecular formula is C23H26O6S. The first kappa shape index (κ1) is 21.3. The highest BCUT2D eigenvalue weighted by Gasteiger charge is 2.52. The third-order valence-corrected chi connectivity index (χ3v) is 6.02. The molecule has 2 aliphatic rings. The maximum Gasteiger partial charge on any atom is 0.303 e. The normalized spacial score (nSPS) is 31.0. The molecule has 0 spiro atoms. The SMILES string of the molecule is CS[C@@H]1O[C@@H]2CO[C@@H](c3ccccc3)O[C@@H]2[C@H](OC(C)=O)[C@H]1OCc1ccccc1. The van der Waals surface area contributed by atoms with E-state index in [1.54, 1.807) is 0 Å². The second-order valence-corrected chi connectivity index (χ2v) is 8.23. The summed E-state index contributed by atoms with van der Waals surface area (Å²) in [5.41, 5.74) is 1.64. The van der Waals surface area contributed by atoms with E-state index in [1.165, 1.54) is 18.7 Å². The molecule has 160 valence electrons. The van der Waals surface area contributed by atoms with Crippen molar-refractivity contribution in [3.05, 3.63) is 71.8 Å². The molecule has 6 atom stereocenters. The Morgan fingerprint density at radius 3 is 2.40 bits per heavy atom. The Balaban J connectivity index is 1.55. The molecule has 4 rings (SSSR count). The fourth-order valence-corrected chi connectivity index (χ4v) is 4.54. The Kier molecular flexibility index (Phi) is 7.07. The summed E-state index contributed by atoms with van der Waals surface area (Å²) in [6, 6.07) is 19.6. The molecule has 0 bridgehead atoms. The highest BCUT2D eigenvalue weighted by Crippen LogP contribution is 2.38. The Labute approximate surface area is 180 Å². The lowest BCUT2D eigenvalue weighted by atomic mass is 9.98. The van der Waals surface area contributed by atoms with E-state index in [9.17, 15) is 4.79 Å². The van der Waals surface area contributed by atoms with Crippen LogP contribution in [0.15, 0.2) is 60.7 Å². The van der Waals surface area contributed by atoms with Crippen molar-refractivity contribution in [2.24, 2.45) is 0 Å². The van der Waals surface area contributed by atoms with E-state index in [2.05, 4.69) is 0 Å². The van der Waals surface area contributed by atoms with Gasteiger partial charge >= 0.3 is 5.97 Å². The van der Waals surface area contributed by atoms with Crippen molar-refractivity contribution in [1.82, 2.24) is 0 Å². The Hall–Kier alpha value is -1.90. The third kappa shape index (κ3) is 4.87. The molecule has 2 aromatic carbocycles. The summed E-state index contributed by atoms with van der Waals surface area (Å²) < 4.78 is 30.4. The minimum atomic E-state index is -0.600. The van der Waals surface area contributed by atoms with E-state index in [1.807, 2.05) is 66.9 Å². The number of esters is 1. The molecule has 0 amide bonds. The molecule has 2 fully saturated rings. The van der Waals surface area contributed by atoms with E-state index in [-0.39, 0.29) is 17.5 Å². The molecule has 0 N–H and O–H groups in total. The Morgan fingerprint density at radius 2 is 1.73 bits per heavy atom. The number of hydrogen-bond acceptors (Lipinski definition) is 7. The molecular weight excluding hydrogens is 404 g/mol. The van der Waals surface area contributed by atoms with Gasteiger partial charge in [-0.25, -0.2) is 0 Å². The number of thioether (sulfide) groups is 1. The summed E-state index contributed by atoms with van der Waals surface area (Å²) in [6.45, 7) is 2.14. The number of rotatable bonds is 6.